The molecular formula is C19H16F7NO3S. The molecule has 31 heavy (non-hydrogen) atoms. The predicted molar refractivity (Wildman–Crippen MR) is 97.3 cm³/mol. The molecule has 2 aromatic carbocycles. The van der Waals surface area contributed by atoms with Gasteiger partial charge in [0.15, 0.2) is 0 Å². The van der Waals surface area contributed by atoms with Crippen LogP contribution < -0.4 is 4.90 Å². The summed E-state index contributed by atoms with van der Waals surface area (Å²) in [6.45, 7) is -0.562. The molecule has 0 saturated heterocycles. The number of phenolic OH excluding ortho intramolecular Hbond substituents is 1. The Bertz CT molecular complexity index is 1060. The average molecular weight is 471 g/mol. The fraction of sp³-hybridized carbons (Fsp3) is 0.368. The summed E-state index contributed by atoms with van der Waals surface area (Å²) in [5.74, 6) is -3.63. The van der Waals surface area contributed by atoms with Crippen molar-refractivity contribution in [2.24, 2.45) is 5.92 Å². The molecule has 2 atom stereocenters. The number of aromatic hydroxyl groups is 1. The number of alkyl halides is 6. The number of rotatable bonds is 4. The highest BCUT2D eigenvalue weighted by atomic mass is 32.2. The summed E-state index contributed by atoms with van der Waals surface area (Å²) in [6, 6.07) is 4.84. The molecule has 1 aliphatic rings. The van der Waals surface area contributed by atoms with Gasteiger partial charge in [-0.15, -0.1) is 0 Å². The molecule has 4 nitrogen and oxygen atoms in total. The summed E-state index contributed by atoms with van der Waals surface area (Å²) in [7, 11) is -4.94. The normalized spacial score (nSPS) is 21.1. The minimum atomic E-state index is -5.06. The zero-order valence-electron chi connectivity index (χ0n) is 15.6. The Morgan fingerprint density at radius 1 is 1.13 bits per heavy atom. The second kappa shape index (κ2) is 8.21. The summed E-state index contributed by atoms with van der Waals surface area (Å²) in [6.07, 6.45) is -9.30. The maximum absolute atomic E-state index is 15.0. The van der Waals surface area contributed by atoms with Crippen molar-refractivity contribution in [3.05, 3.63) is 47.8 Å². The number of nitrogens with zero attached hydrogens (tertiary/aromatic N) is 1. The lowest BCUT2D eigenvalue weighted by atomic mass is 10.0. The van der Waals surface area contributed by atoms with Crippen LogP contribution in [0.4, 0.5) is 42.1 Å². The largest absolute Gasteiger partial charge is 0.507 e. The third-order valence-corrected chi connectivity index (χ3v) is 6.88. The standard InChI is InChI=1S/C19H16F7NO3S/c20-11-2-4-12(5-3-11)27-9-10(1-6-17(21)22)18(23)31(29,30)16-8-15(28)13(7-14(16)27)19(24,25)26/h2-5,7-8,10,17-18,28H,1,6,9H2/t10-,18+/m0/s1. The van der Waals surface area contributed by atoms with E-state index in [0.29, 0.717) is 12.1 Å². The van der Waals surface area contributed by atoms with Crippen molar-refractivity contribution in [3.63, 3.8) is 0 Å². The second-order valence-electron chi connectivity index (χ2n) is 7.05. The molecule has 0 unspecified atom stereocenters. The molecule has 0 aromatic heterocycles. The van der Waals surface area contributed by atoms with Crippen LogP contribution in [0.3, 0.4) is 0 Å². The molecule has 0 radical (unpaired) electrons. The molecule has 0 amide bonds. The summed E-state index contributed by atoms with van der Waals surface area (Å²) in [5.41, 5.74) is -4.84. The van der Waals surface area contributed by atoms with Crippen molar-refractivity contribution >= 4 is 21.2 Å². The van der Waals surface area contributed by atoms with Crippen LogP contribution in [0.15, 0.2) is 41.3 Å². The molecule has 1 aliphatic heterocycles. The van der Waals surface area contributed by atoms with Crippen LogP contribution >= 0.6 is 0 Å². The number of fused-ring (bicyclic) bond motifs is 1. The van der Waals surface area contributed by atoms with Gasteiger partial charge in [0.2, 0.25) is 21.8 Å². The Labute approximate surface area is 172 Å². The smallest absolute Gasteiger partial charge is 0.420 e. The lowest BCUT2D eigenvalue weighted by Crippen LogP contribution is -2.31. The Morgan fingerprint density at radius 2 is 1.74 bits per heavy atom. The molecule has 3 rings (SSSR count). The van der Waals surface area contributed by atoms with Gasteiger partial charge in [-0.25, -0.2) is 26.0 Å². The number of benzene rings is 2. The van der Waals surface area contributed by atoms with Crippen LogP contribution in [0.5, 0.6) is 5.75 Å². The van der Waals surface area contributed by atoms with E-state index in [-0.39, 0.29) is 5.69 Å². The second-order valence-corrected chi connectivity index (χ2v) is 9.03. The van der Waals surface area contributed by atoms with E-state index in [1.807, 2.05) is 0 Å². The first kappa shape index (κ1) is 23.2. The van der Waals surface area contributed by atoms with E-state index < -0.39 is 81.0 Å². The Kier molecular flexibility index (Phi) is 6.14. The number of hydrogen-bond acceptors (Lipinski definition) is 4. The Morgan fingerprint density at radius 3 is 2.29 bits per heavy atom. The Hall–Kier alpha value is -2.50. The first-order valence-corrected chi connectivity index (χ1v) is 10.5. The molecular weight excluding hydrogens is 455 g/mol. The molecule has 2 aromatic rings. The van der Waals surface area contributed by atoms with Crippen LogP contribution in [0.2, 0.25) is 0 Å². The van der Waals surface area contributed by atoms with Gasteiger partial charge in [-0.1, -0.05) is 0 Å². The van der Waals surface area contributed by atoms with E-state index in [1.165, 1.54) is 0 Å². The number of phenols is 1. The number of halogens is 7. The van der Waals surface area contributed by atoms with Crippen LogP contribution in [-0.2, 0) is 16.0 Å². The number of anilines is 2. The molecule has 0 fully saturated rings. The highest BCUT2D eigenvalue weighted by Gasteiger charge is 2.44. The summed E-state index contributed by atoms with van der Waals surface area (Å²) < 4.78 is 119. The molecule has 170 valence electrons. The van der Waals surface area contributed by atoms with Gasteiger partial charge >= 0.3 is 6.18 Å². The molecule has 0 saturated carbocycles. The van der Waals surface area contributed by atoms with Crippen molar-refractivity contribution in [3.8, 4) is 5.75 Å². The highest BCUT2D eigenvalue weighted by Crippen LogP contribution is 2.46. The maximum Gasteiger partial charge on any atom is 0.420 e. The molecule has 1 heterocycles. The number of hydrogen-bond donors (Lipinski definition) is 1. The predicted octanol–water partition coefficient (Wildman–Crippen LogP) is 5.43. The van der Waals surface area contributed by atoms with E-state index in [2.05, 4.69) is 0 Å². The average Bonchev–Trinajstić information content (AvgIpc) is 2.74. The topological polar surface area (TPSA) is 57.6 Å². The van der Waals surface area contributed by atoms with Crippen LogP contribution in [-0.4, -0.2) is 32.0 Å². The maximum atomic E-state index is 15.0. The van der Waals surface area contributed by atoms with Gasteiger partial charge in [0.05, 0.1) is 16.1 Å². The minimum absolute atomic E-state index is 0.0211. The fourth-order valence-electron chi connectivity index (χ4n) is 3.44. The SMILES string of the molecule is O=S1(=O)c2cc(O)c(C(F)(F)F)cc2N(c2ccc(F)cc2)C[C@H](CCC(F)F)[C@@H]1F. The van der Waals surface area contributed by atoms with Gasteiger partial charge in [0.25, 0.3) is 0 Å². The zero-order chi connectivity index (χ0) is 23.1. The van der Waals surface area contributed by atoms with E-state index in [4.69, 9.17) is 0 Å². The van der Waals surface area contributed by atoms with Crippen molar-refractivity contribution in [1.29, 1.82) is 0 Å². The van der Waals surface area contributed by atoms with Crippen molar-refractivity contribution in [2.75, 3.05) is 11.4 Å². The highest BCUT2D eigenvalue weighted by molar-refractivity contribution is 7.92. The lowest BCUT2D eigenvalue weighted by Gasteiger charge is -2.28. The monoisotopic (exact) mass is 471 g/mol. The van der Waals surface area contributed by atoms with Crippen LogP contribution in [0.25, 0.3) is 0 Å². The summed E-state index contributed by atoms with van der Waals surface area (Å²) in [5, 5.41) is 9.77. The quantitative estimate of drug-likeness (QED) is 0.604. The summed E-state index contributed by atoms with van der Waals surface area (Å²) >= 11 is 0. The van der Waals surface area contributed by atoms with Crippen LogP contribution in [0.1, 0.15) is 18.4 Å². The third-order valence-electron chi connectivity index (χ3n) is 4.96. The van der Waals surface area contributed by atoms with E-state index in [1.54, 1.807) is 0 Å². The first-order chi connectivity index (χ1) is 14.3. The van der Waals surface area contributed by atoms with E-state index >= 15 is 4.39 Å². The third kappa shape index (κ3) is 4.58. The fourth-order valence-corrected chi connectivity index (χ4v) is 5.15. The Balaban J connectivity index is 2.25. The van der Waals surface area contributed by atoms with Crippen molar-refractivity contribution in [1.82, 2.24) is 0 Å². The number of sulfone groups is 1. The van der Waals surface area contributed by atoms with Gasteiger partial charge in [-0.3, -0.25) is 0 Å². The molecule has 0 spiro atoms. The van der Waals surface area contributed by atoms with Gasteiger partial charge in [0.1, 0.15) is 11.6 Å². The van der Waals surface area contributed by atoms with Gasteiger partial charge in [-0.2, -0.15) is 13.2 Å². The first-order valence-electron chi connectivity index (χ1n) is 8.95. The molecule has 12 heteroatoms. The zero-order valence-corrected chi connectivity index (χ0v) is 16.4. The molecule has 0 bridgehead atoms. The van der Waals surface area contributed by atoms with E-state index in [0.717, 1.165) is 29.2 Å². The van der Waals surface area contributed by atoms with Gasteiger partial charge in [-0.05, 0) is 36.8 Å². The lowest BCUT2D eigenvalue weighted by molar-refractivity contribution is -0.138. The van der Waals surface area contributed by atoms with Crippen LogP contribution in [0, 0.1) is 11.7 Å². The molecule has 1 N–H and O–H groups in total. The van der Waals surface area contributed by atoms with Gasteiger partial charge < -0.3 is 10.0 Å². The van der Waals surface area contributed by atoms with Gasteiger partial charge in [0, 0.05) is 30.6 Å². The van der Waals surface area contributed by atoms with E-state index in [9.17, 15) is 39.9 Å². The van der Waals surface area contributed by atoms with Crippen molar-refractivity contribution < 1.29 is 44.3 Å². The summed E-state index contributed by atoms with van der Waals surface area (Å²) in [4.78, 5) is 0.0749. The molecule has 0 aliphatic carbocycles. The minimum Gasteiger partial charge on any atom is -0.507 e. The van der Waals surface area contributed by atoms with Crippen molar-refractivity contribution in [2.45, 2.75) is 35.8 Å².